The van der Waals surface area contributed by atoms with Crippen molar-refractivity contribution in [3.05, 3.63) is 87.2 Å². The third-order valence-electron chi connectivity index (χ3n) is 4.98. The first kappa shape index (κ1) is 23.3. The Kier molecular flexibility index (Phi) is 6.30. The summed E-state index contributed by atoms with van der Waals surface area (Å²) >= 11 is 5.70. The molecule has 0 spiro atoms. The van der Waals surface area contributed by atoms with Gasteiger partial charge in [0.15, 0.2) is 5.82 Å². The van der Waals surface area contributed by atoms with Crippen molar-refractivity contribution < 1.29 is 22.6 Å². The van der Waals surface area contributed by atoms with Crippen molar-refractivity contribution in [3.8, 4) is 22.9 Å². The van der Waals surface area contributed by atoms with Crippen LogP contribution in [0.5, 0.6) is 11.5 Å². The molecule has 1 heterocycles. The van der Waals surface area contributed by atoms with Crippen molar-refractivity contribution in [1.29, 1.82) is 0 Å². The van der Waals surface area contributed by atoms with E-state index in [2.05, 4.69) is 10.1 Å². The first-order valence-electron chi connectivity index (χ1n) is 9.87. The van der Waals surface area contributed by atoms with Gasteiger partial charge in [-0.3, -0.25) is 4.79 Å². The van der Waals surface area contributed by atoms with Gasteiger partial charge in [0.05, 0.1) is 41.9 Å². The molecule has 0 saturated carbocycles. The number of methoxy groups -OCH3 is 2. The zero-order valence-electron chi connectivity index (χ0n) is 17.9. The van der Waals surface area contributed by atoms with Crippen molar-refractivity contribution in [2.45, 2.75) is 6.18 Å². The summed E-state index contributed by atoms with van der Waals surface area (Å²) in [6.07, 6.45) is -3.49. The SMILES string of the molecule is COc1cc(OC)cc(-c2nc3ccccc3c(=O)n2N=Cc2ccc(Cl)c(C(F)(F)F)c2)c1. The molecule has 174 valence electrons. The van der Waals surface area contributed by atoms with Gasteiger partial charge in [0.1, 0.15) is 11.5 Å². The highest BCUT2D eigenvalue weighted by Gasteiger charge is 2.33. The molecule has 4 rings (SSSR count). The number of alkyl halides is 3. The molecule has 0 aliphatic rings. The van der Waals surface area contributed by atoms with E-state index in [1.807, 2.05) is 0 Å². The molecule has 3 aromatic carbocycles. The van der Waals surface area contributed by atoms with E-state index in [1.165, 1.54) is 20.3 Å². The van der Waals surface area contributed by atoms with Crippen LogP contribution in [0.3, 0.4) is 0 Å². The Hall–Kier alpha value is -3.85. The number of aromatic nitrogens is 2. The number of fused-ring (bicyclic) bond motifs is 1. The lowest BCUT2D eigenvalue weighted by atomic mass is 10.1. The van der Waals surface area contributed by atoms with Crippen molar-refractivity contribution in [2.24, 2.45) is 5.10 Å². The van der Waals surface area contributed by atoms with Gasteiger partial charge in [-0.25, -0.2) is 4.98 Å². The zero-order valence-corrected chi connectivity index (χ0v) is 18.7. The van der Waals surface area contributed by atoms with E-state index in [0.717, 1.165) is 23.0 Å². The minimum Gasteiger partial charge on any atom is -0.497 e. The van der Waals surface area contributed by atoms with Gasteiger partial charge in [-0.15, -0.1) is 0 Å². The van der Waals surface area contributed by atoms with Crippen LogP contribution in [0.1, 0.15) is 11.1 Å². The predicted octanol–water partition coefficient (Wildman–Crippen LogP) is 5.64. The van der Waals surface area contributed by atoms with Crippen LogP contribution in [0.2, 0.25) is 5.02 Å². The number of rotatable bonds is 5. The summed E-state index contributed by atoms with van der Waals surface area (Å²) in [6, 6.07) is 15.0. The Morgan fingerprint density at radius 3 is 2.32 bits per heavy atom. The highest BCUT2D eigenvalue weighted by molar-refractivity contribution is 6.31. The van der Waals surface area contributed by atoms with Gasteiger partial charge in [0.2, 0.25) is 0 Å². The summed E-state index contributed by atoms with van der Waals surface area (Å²) in [5.41, 5.74) is -0.501. The van der Waals surface area contributed by atoms with Crippen LogP contribution < -0.4 is 15.0 Å². The van der Waals surface area contributed by atoms with Gasteiger partial charge in [-0.1, -0.05) is 29.8 Å². The second kappa shape index (κ2) is 9.18. The van der Waals surface area contributed by atoms with Gasteiger partial charge in [-0.2, -0.15) is 22.9 Å². The lowest BCUT2D eigenvalue weighted by molar-refractivity contribution is -0.137. The lowest BCUT2D eigenvalue weighted by Gasteiger charge is -2.12. The molecule has 0 N–H and O–H groups in total. The average molecular weight is 488 g/mol. The predicted molar refractivity (Wildman–Crippen MR) is 124 cm³/mol. The molecular formula is C24H17ClF3N3O3. The number of halogens is 4. The van der Waals surface area contributed by atoms with Crippen LogP contribution in [0.4, 0.5) is 13.2 Å². The highest BCUT2D eigenvalue weighted by Crippen LogP contribution is 2.35. The smallest absolute Gasteiger partial charge is 0.417 e. The molecule has 0 amide bonds. The number of para-hydroxylation sites is 1. The summed E-state index contributed by atoms with van der Waals surface area (Å²) in [6.45, 7) is 0. The third kappa shape index (κ3) is 4.60. The summed E-state index contributed by atoms with van der Waals surface area (Å²) in [5, 5.41) is 4.06. The van der Waals surface area contributed by atoms with Crippen LogP contribution in [0.25, 0.3) is 22.3 Å². The van der Waals surface area contributed by atoms with E-state index in [4.69, 9.17) is 21.1 Å². The van der Waals surface area contributed by atoms with E-state index in [0.29, 0.717) is 28.0 Å². The van der Waals surface area contributed by atoms with Crippen LogP contribution in [-0.2, 0) is 6.18 Å². The second-order valence-corrected chi connectivity index (χ2v) is 7.56. The minimum absolute atomic E-state index is 0.103. The maximum absolute atomic E-state index is 13.3. The van der Waals surface area contributed by atoms with E-state index >= 15 is 0 Å². The fraction of sp³-hybridized carbons (Fsp3) is 0.125. The number of nitrogens with zero attached hydrogens (tertiary/aromatic N) is 3. The molecule has 0 saturated heterocycles. The highest BCUT2D eigenvalue weighted by atomic mass is 35.5. The third-order valence-corrected chi connectivity index (χ3v) is 5.31. The molecule has 0 aliphatic heterocycles. The maximum Gasteiger partial charge on any atom is 0.417 e. The molecule has 0 fully saturated rings. The Balaban J connectivity index is 1.93. The van der Waals surface area contributed by atoms with Gasteiger partial charge < -0.3 is 9.47 Å². The molecule has 0 atom stereocenters. The molecule has 1 aromatic heterocycles. The summed E-state index contributed by atoms with van der Waals surface area (Å²) in [4.78, 5) is 17.9. The fourth-order valence-electron chi connectivity index (χ4n) is 3.32. The molecule has 0 bridgehead atoms. The van der Waals surface area contributed by atoms with Crippen LogP contribution in [-0.4, -0.2) is 30.1 Å². The summed E-state index contributed by atoms with van der Waals surface area (Å²) in [7, 11) is 2.97. The normalized spacial score (nSPS) is 11.8. The molecule has 0 radical (unpaired) electrons. The quantitative estimate of drug-likeness (QED) is 0.342. The van der Waals surface area contributed by atoms with E-state index in [1.54, 1.807) is 42.5 Å². The maximum atomic E-state index is 13.3. The number of hydrogen-bond donors (Lipinski definition) is 0. The standard InChI is InChI=1S/C24H17ClF3N3O3/c1-33-16-10-15(11-17(12-16)34-2)22-30-21-6-4-3-5-18(21)23(32)31(22)29-13-14-7-8-20(25)19(9-14)24(26,27)28/h3-13H,1-2H3. The van der Waals surface area contributed by atoms with E-state index in [-0.39, 0.29) is 11.4 Å². The minimum atomic E-state index is -4.63. The second-order valence-electron chi connectivity index (χ2n) is 7.15. The molecule has 0 aliphatic carbocycles. The van der Waals surface area contributed by atoms with Crippen LogP contribution in [0, 0.1) is 0 Å². The van der Waals surface area contributed by atoms with E-state index in [9.17, 15) is 18.0 Å². The van der Waals surface area contributed by atoms with Gasteiger partial charge in [0.25, 0.3) is 5.56 Å². The average Bonchev–Trinajstić information content (AvgIpc) is 2.83. The summed E-state index contributed by atoms with van der Waals surface area (Å²) < 4.78 is 51.4. The Labute approximate surface area is 196 Å². The lowest BCUT2D eigenvalue weighted by Crippen LogP contribution is -2.20. The van der Waals surface area contributed by atoms with Crippen molar-refractivity contribution in [3.63, 3.8) is 0 Å². The number of ether oxygens (including phenoxy) is 2. The molecule has 0 unspecified atom stereocenters. The van der Waals surface area contributed by atoms with Crippen LogP contribution in [0.15, 0.2) is 70.6 Å². The number of hydrogen-bond acceptors (Lipinski definition) is 5. The van der Waals surface area contributed by atoms with Gasteiger partial charge >= 0.3 is 6.18 Å². The first-order chi connectivity index (χ1) is 16.2. The van der Waals surface area contributed by atoms with Crippen molar-refractivity contribution >= 4 is 28.7 Å². The first-order valence-corrected chi connectivity index (χ1v) is 10.3. The largest absolute Gasteiger partial charge is 0.497 e. The molecule has 10 heteroatoms. The fourth-order valence-corrected chi connectivity index (χ4v) is 3.54. The molecule has 34 heavy (non-hydrogen) atoms. The molecule has 6 nitrogen and oxygen atoms in total. The van der Waals surface area contributed by atoms with Crippen molar-refractivity contribution in [1.82, 2.24) is 9.66 Å². The zero-order chi connectivity index (χ0) is 24.5. The molecule has 4 aromatic rings. The Morgan fingerprint density at radius 2 is 1.68 bits per heavy atom. The Bertz CT molecular complexity index is 1440. The summed E-state index contributed by atoms with van der Waals surface area (Å²) in [5.74, 6) is 1.07. The van der Waals surface area contributed by atoms with Gasteiger partial charge in [0, 0.05) is 11.6 Å². The van der Waals surface area contributed by atoms with Crippen molar-refractivity contribution in [2.75, 3.05) is 14.2 Å². The molecular weight excluding hydrogens is 471 g/mol. The van der Waals surface area contributed by atoms with Gasteiger partial charge in [-0.05, 0) is 42.0 Å². The monoisotopic (exact) mass is 487 g/mol. The van der Waals surface area contributed by atoms with E-state index < -0.39 is 22.3 Å². The topological polar surface area (TPSA) is 65.7 Å². The van der Waals surface area contributed by atoms with Crippen LogP contribution >= 0.6 is 11.6 Å². The Morgan fingerprint density at radius 1 is 1.00 bits per heavy atom. The number of benzene rings is 3.